The summed E-state index contributed by atoms with van der Waals surface area (Å²) < 4.78 is 5.14. The zero-order valence-corrected chi connectivity index (χ0v) is 10.3. The van der Waals surface area contributed by atoms with E-state index in [1.807, 2.05) is 6.92 Å². The van der Waals surface area contributed by atoms with Crippen molar-refractivity contribution in [1.82, 2.24) is 0 Å². The molecule has 4 heteroatoms. The van der Waals surface area contributed by atoms with Gasteiger partial charge >= 0.3 is 6.09 Å². The highest BCUT2D eigenvalue weighted by Gasteiger charge is 2.08. The lowest BCUT2D eigenvalue weighted by atomic mass is 10.2. The van der Waals surface area contributed by atoms with Crippen LogP contribution in [0.5, 0.6) is 0 Å². The molecule has 16 heavy (non-hydrogen) atoms. The van der Waals surface area contributed by atoms with Crippen LogP contribution in [0.4, 0.5) is 10.5 Å². The number of benzene rings is 1. The summed E-state index contributed by atoms with van der Waals surface area (Å²) in [5.74, 6) is 0. The maximum Gasteiger partial charge on any atom is 0.411 e. The molecule has 0 unspecified atom stereocenters. The first kappa shape index (κ1) is 12.8. The molecule has 0 heterocycles. The number of hydrogen-bond donors (Lipinski definition) is 1. The quantitative estimate of drug-likeness (QED) is 0.863. The smallest absolute Gasteiger partial charge is 0.411 e. The summed E-state index contributed by atoms with van der Waals surface area (Å²) >= 11 is 5.79. The summed E-state index contributed by atoms with van der Waals surface area (Å²) in [6, 6.07) is 6.95. The van der Waals surface area contributed by atoms with Gasteiger partial charge in [0.25, 0.3) is 0 Å². The Morgan fingerprint density at radius 1 is 1.56 bits per heavy atom. The van der Waals surface area contributed by atoms with Crippen molar-refractivity contribution < 1.29 is 9.53 Å². The van der Waals surface area contributed by atoms with Crippen LogP contribution in [0.15, 0.2) is 24.3 Å². The number of carbonyl (C=O) groups is 1. The molecule has 0 saturated heterocycles. The lowest BCUT2D eigenvalue weighted by molar-refractivity contribution is 0.115. The molecule has 0 fully saturated rings. The fraction of sp³-hybridized carbons (Fsp3) is 0.417. The Balaban J connectivity index is 2.45. The molecule has 88 valence electrons. The van der Waals surface area contributed by atoms with Crippen molar-refractivity contribution in [3.8, 4) is 0 Å². The van der Waals surface area contributed by atoms with Gasteiger partial charge in [-0.2, -0.15) is 0 Å². The third-order valence-electron chi connectivity index (χ3n) is 2.07. The van der Waals surface area contributed by atoms with E-state index in [2.05, 4.69) is 12.2 Å². The molecule has 0 saturated carbocycles. The molecule has 1 amide bonds. The molecule has 1 aromatic carbocycles. The van der Waals surface area contributed by atoms with Gasteiger partial charge in [0.1, 0.15) is 6.10 Å². The van der Waals surface area contributed by atoms with Gasteiger partial charge in [0.15, 0.2) is 0 Å². The van der Waals surface area contributed by atoms with Crippen molar-refractivity contribution in [3.05, 3.63) is 29.3 Å². The highest BCUT2D eigenvalue weighted by molar-refractivity contribution is 6.30. The average molecular weight is 242 g/mol. The molecule has 0 aromatic heterocycles. The van der Waals surface area contributed by atoms with Crippen LogP contribution in [0.1, 0.15) is 26.7 Å². The first-order valence-corrected chi connectivity index (χ1v) is 5.72. The molecule has 1 N–H and O–H groups in total. The molecule has 3 nitrogen and oxygen atoms in total. The summed E-state index contributed by atoms with van der Waals surface area (Å²) in [5.41, 5.74) is 0.640. The molecular formula is C12H16ClNO2. The number of halogens is 1. The van der Waals surface area contributed by atoms with Crippen LogP contribution < -0.4 is 5.32 Å². The Morgan fingerprint density at radius 3 is 2.94 bits per heavy atom. The fourth-order valence-corrected chi connectivity index (χ4v) is 1.55. The van der Waals surface area contributed by atoms with E-state index in [4.69, 9.17) is 16.3 Å². The van der Waals surface area contributed by atoms with Gasteiger partial charge in [0.2, 0.25) is 0 Å². The number of carbonyl (C=O) groups excluding carboxylic acids is 1. The standard InChI is InChI=1S/C12H16ClNO2/c1-3-5-9(2)16-12(15)14-11-7-4-6-10(13)8-11/h4,6-9H,3,5H2,1-2H3,(H,14,15)/t9-/m1/s1. The summed E-state index contributed by atoms with van der Waals surface area (Å²) in [5, 5.41) is 3.21. The number of ether oxygens (including phenoxy) is 1. The maximum atomic E-state index is 11.4. The highest BCUT2D eigenvalue weighted by Crippen LogP contribution is 2.15. The summed E-state index contributed by atoms with van der Waals surface area (Å²) in [6.45, 7) is 3.93. The van der Waals surface area contributed by atoms with Crippen LogP contribution in [0.2, 0.25) is 5.02 Å². The zero-order valence-electron chi connectivity index (χ0n) is 9.50. The van der Waals surface area contributed by atoms with Gasteiger partial charge in [-0.1, -0.05) is 31.0 Å². The normalized spacial score (nSPS) is 11.9. The minimum atomic E-state index is -0.441. The predicted octanol–water partition coefficient (Wildman–Crippen LogP) is 4.08. The molecule has 1 rings (SSSR count). The second-order valence-corrected chi connectivity index (χ2v) is 4.08. The van der Waals surface area contributed by atoms with E-state index >= 15 is 0 Å². The SMILES string of the molecule is CCC[C@@H](C)OC(=O)Nc1cccc(Cl)c1. The van der Waals surface area contributed by atoms with Gasteiger partial charge in [-0.25, -0.2) is 4.79 Å². The highest BCUT2D eigenvalue weighted by atomic mass is 35.5. The molecule has 0 bridgehead atoms. The molecular weight excluding hydrogens is 226 g/mol. The van der Waals surface area contributed by atoms with E-state index in [9.17, 15) is 4.79 Å². The number of amides is 1. The Bertz CT molecular complexity index is 355. The molecule has 1 atom stereocenters. The lowest BCUT2D eigenvalue weighted by Crippen LogP contribution is -2.19. The Hall–Kier alpha value is -1.22. The number of anilines is 1. The summed E-state index contributed by atoms with van der Waals surface area (Å²) in [7, 11) is 0. The van der Waals surface area contributed by atoms with Crippen molar-refractivity contribution in [3.63, 3.8) is 0 Å². The number of nitrogens with one attached hydrogen (secondary N) is 1. The van der Waals surface area contributed by atoms with E-state index in [1.165, 1.54) is 0 Å². The van der Waals surface area contributed by atoms with Crippen LogP contribution >= 0.6 is 11.6 Å². The second kappa shape index (κ2) is 6.38. The van der Waals surface area contributed by atoms with E-state index in [0.29, 0.717) is 10.7 Å². The third kappa shape index (κ3) is 4.53. The summed E-state index contributed by atoms with van der Waals surface area (Å²) in [6.07, 6.45) is 1.35. The van der Waals surface area contributed by atoms with Gasteiger partial charge in [-0.05, 0) is 31.5 Å². The van der Waals surface area contributed by atoms with Crippen molar-refractivity contribution >= 4 is 23.4 Å². The maximum absolute atomic E-state index is 11.4. The van der Waals surface area contributed by atoms with Crippen LogP contribution in [0, 0.1) is 0 Å². The lowest BCUT2D eigenvalue weighted by Gasteiger charge is -2.12. The van der Waals surface area contributed by atoms with Gasteiger partial charge in [0, 0.05) is 10.7 Å². The van der Waals surface area contributed by atoms with Crippen molar-refractivity contribution in [2.45, 2.75) is 32.8 Å². The molecule has 0 spiro atoms. The average Bonchev–Trinajstić information content (AvgIpc) is 2.17. The Kier molecular flexibility index (Phi) is 5.12. The Morgan fingerprint density at radius 2 is 2.31 bits per heavy atom. The Labute approximate surface area is 101 Å². The van der Waals surface area contributed by atoms with Crippen molar-refractivity contribution in [2.24, 2.45) is 0 Å². The molecule has 0 aliphatic rings. The van der Waals surface area contributed by atoms with Crippen LogP contribution in [0.25, 0.3) is 0 Å². The largest absolute Gasteiger partial charge is 0.446 e. The van der Waals surface area contributed by atoms with E-state index < -0.39 is 6.09 Å². The zero-order chi connectivity index (χ0) is 12.0. The first-order valence-electron chi connectivity index (χ1n) is 5.35. The summed E-state index contributed by atoms with van der Waals surface area (Å²) in [4.78, 5) is 11.4. The number of rotatable bonds is 4. The molecule has 0 aliphatic heterocycles. The van der Waals surface area contributed by atoms with Gasteiger partial charge in [-0.15, -0.1) is 0 Å². The molecule has 0 aliphatic carbocycles. The van der Waals surface area contributed by atoms with Crippen LogP contribution in [-0.2, 0) is 4.74 Å². The second-order valence-electron chi connectivity index (χ2n) is 3.64. The minimum Gasteiger partial charge on any atom is -0.446 e. The first-order chi connectivity index (χ1) is 7.61. The minimum absolute atomic E-state index is 0.0656. The molecule has 1 aromatic rings. The third-order valence-corrected chi connectivity index (χ3v) is 2.31. The van der Waals surface area contributed by atoms with Crippen LogP contribution in [-0.4, -0.2) is 12.2 Å². The number of hydrogen-bond acceptors (Lipinski definition) is 2. The topological polar surface area (TPSA) is 38.3 Å². The monoisotopic (exact) mass is 241 g/mol. The van der Waals surface area contributed by atoms with E-state index in [-0.39, 0.29) is 6.10 Å². The van der Waals surface area contributed by atoms with Gasteiger partial charge in [-0.3, -0.25) is 5.32 Å². The van der Waals surface area contributed by atoms with Gasteiger partial charge in [0.05, 0.1) is 0 Å². The van der Waals surface area contributed by atoms with Crippen molar-refractivity contribution in [2.75, 3.05) is 5.32 Å². The van der Waals surface area contributed by atoms with Gasteiger partial charge < -0.3 is 4.74 Å². The van der Waals surface area contributed by atoms with Crippen molar-refractivity contribution in [1.29, 1.82) is 0 Å². The van der Waals surface area contributed by atoms with Crippen LogP contribution in [0.3, 0.4) is 0 Å². The fourth-order valence-electron chi connectivity index (χ4n) is 1.36. The van der Waals surface area contributed by atoms with E-state index in [1.54, 1.807) is 24.3 Å². The predicted molar refractivity (Wildman–Crippen MR) is 65.9 cm³/mol. The molecule has 0 radical (unpaired) electrons. The van der Waals surface area contributed by atoms with E-state index in [0.717, 1.165) is 12.8 Å².